The average molecular weight is 534 g/mol. The molecule has 0 saturated heterocycles. The molecule has 1 aliphatic heterocycles. The van der Waals surface area contributed by atoms with E-state index in [0.717, 1.165) is 37.7 Å². The second-order valence-corrected chi connectivity index (χ2v) is 8.31. The van der Waals surface area contributed by atoms with Gasteiger partial charge in [-0.05, 0) is 25.2 Å². The van der Waals surface area contributed by atoms with Crippen molar-refractivity contribution >= 4 is 17.8 Å². The molecule has 0 aromatic carbocycles. The first kappa shape index (κ1) is 31.2. The number of likely N-dealkylation sites (N-methyl/N-ethyl adjacent to an activating group) is 1. The standard InChI is InChI=1S/C16H26N4O2.2C2HF3O2/c1-18(2)16(21)9-20-7-6-13-14(11-22-10-12-4-5-12)17-19(3)15(13)8-20;2*3-2(4,5)1(6)7/h12H,4-11H2,1-3H3;2*(H,6,7). The number of hydrogen-bond donors (Lipinski definition) is 2. The van der Waals surface area contributed by atoms with Crippen LogP contribution in [0.5, 0.6) is 0 Å². The van der Waals surface area contributed by atoms with Crippen LogP contribution in [0.1, 0.15) is 29.8 Å². The molecule has 36 heavy (non-hydrogen) atoms. The maximum atomic E-state index is 11.9. The van der Waals surface area contributed by atoms with E-state index in [9.17, 15) is 31.1 Å². The number of amides is 1. The Balaban J connectivity index is 0.000000383. The second-order valence-electron chi connectivity index (χ2n) is 8.31. The van der Waals surface area contributed by atoms with Crippen molar-refractivity contribution in [3.8, 4) is 0 Å². The molecule has 3 rings (SSSR count). The fraction of sp³-hybridized carbons (Fsp3) is 0.700. The van der Waals surface area contributed by atoms with E-state index < -0.39 is 24.3 Å². The number of carboxylic acid groups (broad SMARTS) is 2. The minimum atomic E-state index is -5.08. The summed E-state index contributed by atoms with van der Waals surface area (Å²) in [6, 6.07) is 0. The first-order valence-electron chi connectivity index (χ1n) is 10.6. The quantitative estimate of drug-likeness (QED) is 0.532. The number of nitrogens with zero attached hydrogens (tertiary/aromatic N) is 4. The smallest absolute Gasteiger partial charge is 0.475 e. The lowest BCUT2D eigenvalue weighted by atomic mass is 10.0. The number of aryl methyl sites for hydroxylation is 1. The third kappa shape index (κ3) is 10.8. The number of hydrogen-bond acceptors (Lipinski definition) is 6. The molecule has 10 nitrogen and oxygen atoms in total. The van der Waals surface area contributed by atoms with E-state index in [0.29, 0.717) is 13.2 Å². The third-order valence-corrected chi connectivity index (χ3v) is 5.04. The van der Waals surface area contributed by atoms with Gasteiger partial charge in [0.25, 0.3) is 0 Å². The Hall–Kier alpha value is -2.88. The van der Waals surface area contributed by atoms with E-state index in [1.54, 1.807) is 19.0 Å². The van der Waals surface area contributed by atoms with Gasteiger partial charge in [0.15, 0.2) is 0 Å². The number of rotatable bonds is 6. The minimum Gasteiger partial charge on any atom is -0.475 e. The van der Waals surface area contributed by atoms with Crippen LogP contribution in [-0.4, -0.2) is 93.8 Å². The van der Waals surface area contributed by atoms with Crippen molar-refractivity contribution in [2.24, 2.45) is 13.0 Å². The zero-order valence-corrected chi connectivity index (χ0v) is 19.8. The molecule has 2 N–H and O–H groups in total. The maximum absolute atomic E-state index is 11.9. The fourth-order valence-corrected chi connectivity index (χ4v) is 2.90. The highest BCUT2D eigenvalue weighted by Crippen LogP contribution is 2.29. The van der Waals surface area contributed by atoms with E-state index in [2.05, 4.69) is 10.00 Å². The Morgan fingerprint density at radius 2 is 1.56 bits per heavy atom. The maximum Gasteiger partial charge on any atom is 0.490 e. The highest BCUT2D eigenvalue weighted by Gasteiger charge is 2.38. The van der Waals surface area contributed by atoms with Gasteiger partial charge in [0.2, 0.25) is 5.91 Å². The van der Waals surface area contributed by atoms with Crippen molar-refractivity contribution in [2.45, 2.75) is 44.8 Å². The van der Waals surface area contributed by atoms with Gasteiger partial charge in [0.1, 0.15) is 0 Å². The molecule has 206 valence electrons. The molecule has 0 bridgehead atoms. The number of halogens is 6. The summed E-state index contributed by atoms with van der Waals surface area (Å²) < 4.78 is 71.2. The van der Waals surface area contributed by atoms with Crippen LogP contribution in [0.3, 0.4) is 0 Å². The van der Waals surface area contributed by atoms with Gasteiger partial charge in [0.05, 0.1) is 24.5 Å². The zero-order valence-electron chi connectivity index (χ0n) is 19.8. The van der Waals surface area contributed by atoms with Crippen molar-refractivity contribution in [2.75, 3.05) is 33.8 Å². The summed E-state index contributed by atoms with van der Waals surface area (Å²) in [6.07, 6.45) is -6.59. The molecule has 0 atom stereocenters. The lowest BCUT2D eigenvalue weighted by molar-refractivity contribution is -0.193. The van der Waals surface area contributed by atoms with Crippen molar-refractivity contribution in [3.63, 3.8) is 0 Å². The summed E-state index contributed by atoms with van der Waals surface area (Å²) in [5, 5.41) is 18.9. The predicted molar refractivity (Wildman–Crippen MR) is 111 cm³/mol. The largest absolute Gasteiger partial charge is 0.490 e. The van der Waals surface area contributed by atoms with E-state index >= 15 is 0 Å². The minimum absolute atomic E-state index is 0.151. The van der Waals surface area contributed by atoms with Gasteiger partial charge in [-0.1, -0.05) is 0 Å². The average Bonchev–Trinajstić information content (AvgIpc) is 3.51. The number of alkyl halides is 6. The van der Waals surface area contributed by atoms with Gasteiger partial charge in [0, 0.05) is 46.4 Å². The number of ether oxygens (including phenoxy) is 1. The first-order chi connectivity index (χ1) is 16.4. The highest BCUT2D eigenvalue weighted by atomic mass is 19.4. The lowest BCUT2D eigenvalue weighted by Crippen LogP contribution is -2.39. The molecule has 0 spiro atoms. The highest BCUT2D eigenvalue weighted by molar-refractivity contribution is 5.77. The lowest BCUT2D eigenvalue weighted by Gasteiger charge is -2.27. The Morgan fingerprint density at radius 3 is 1.97 bits per heavy atom. The van der Waals surface area contributed by atoms with Gasteiger partial charge < -0.3 is 19.8 Å². The molecule has 2 aliphatic rings. The monoisotopic (exact) mass is 534 g/mol. The molecule has 0 unspecified atom stereocenters. The van der Waals surface area contributed by atoms with Gasteiger partial charge in [-0.2, -0.15) is 31.4 Å². The predicted octanol–water partition coefficient (Wildman–Crippen LogP) is 2.06. The molecule has 0 radical (unpaired) electrons. The van der Waals surface area contributed by atoms with Crippen LogP contribution < -0.4 is 0 Å². The van der Waals surface area contributed by atoms with Crippen molar-refractivity contribution in [1.82, 2.24) is 19.6 Å². The summed E-state index contributed by atoms with van der Waals surface area (Å²) in [5.74, 6) is -4.58. The van der Waals surface area contributed by atoms with Crippen LogP contribution in [0.25, 0.3) is 0 Å². The molecule has 1 amide bonds. The van der Waals surface area contributed by atoms with Gasteiger partial charge in [-0.3, -0.25) is 14.4 Å². The molecule has 1 fully saturated rings. The second kappa shape index (κ2) is 12.9. The van der Waals surface area contributed by atoms with Crippen LogP contribution in [0.2, 0.25) is 0 Å². The summed E-state index contributed by atoms with van der Waals surface area (Å²) >= 11 is 0. The van der Waals surface area contributed by atoms with Crippen molar-refractivity contribution in [1.29, 1.82) is 0 Å². The first-order valence-corrected chi connectivity index (χ1v) is 10.6. The summed E-state index contributed by atoms with van der Waals surface area (Å²) in [5.41, 5.74) is 3.63. The molecular weight excluding hydrogens is 506 g/mol. The molecule has 2 heterocycles. The van der Waals surface area contributed by atoms with Crippen LogP contribution in [-0.2, 0) is 45.7 Å². The number of carbonyl (C=O) groups excluding carboxylic acids is 1. The molecule has 1 aromatic heterocycles. The van der Waals surface area contributed by atoms with Gasteiger partial charge >= 0.3 is 24.3 Å². The van der Waals surface area contributed by atoms with E-state index in [1.807, 2.05) is 11.7 Å². The van der Waals surface area contributed by atoms with Crippen molar-refractivity contribution < 1.29 is 55.7 Å². The summed E-state index contributed by atoms with van der Waals surface area (Å²) in [6.45, 7) is 3.67. The third-order valence-electron chi connectivity index (χ3n) is 5.04. The summed E-state index contributed by atoms with van der Waals surface area (Å²) in [7, 11) is 5.59. The van der Waals surface area contributed by atoms with E-state index in [-0.39, 0.29) is 5.91 Å². The Labute approximate surface area is 202 Å². The normalized spacial score (nSPS) is 15.6. The zero-order chi connectivity index (χ0) is 27.8. The Kier molecular flexibility index (Phi) is 11.2. The number of aliphatic carboxylic acids is 2. The van der Waals surface area contributed by atoms with Gasteiger partial charge in [-0.15, -0.1) is 0 Å². The number of carbonyl (C=O) groups is 3. The molecule has 1 aromatic rings. The summed E-state index contributed by atoms with van der Waals surface area (Å²) in [4.78, 5) is 33.5. The molecule has 1 saturated carbocycles. The van der Waals surface area contributed by atoms with Crippen LogP contribution in [0, 0.1) is 5.92 Å². The molecular formula is C20H28F6N4O6. The van der Waals surface area contributed by atoms with Crippen molar-refractivity contribution in [3.05, 3.63) is 17.0 Å². The molecule has 1 aliphatic carbocycles. The van der Waals surface area contributed by atoms with Crippen LogP contribution in [0.15, 0.2) is 0 Å². The van der Waals surface area contributed by atoms with Crippen LogP contribution in [0.4, 0.5) is 26.3 Å². The number of fused-ring (bicyclic) bond motifs is 1. The van der Waals surface area contributed by atoms with Crippen LogP contribution >= 0.6 is 0 Å². The Morgan fingerprint density at radius 1 is 1.06 bits per heavy atom. The topological polar surface area (TPSA) is 125 Å². The molecule has 16 heteroatoms. The SMILES string of the molecule is CN(C)C(=O)CN1CCc2c(COCC3CC3)nn(C)c2C1.O=C(O)C(F)(F)F.O=C(O)C(F)(F)F. The number of carboxylic acids is 2. The fourth-order valence-electron chi connectivity index (χ4n) is 2.90. The van der Waals surface area contributed by atoms with E-state index in [1.165, 1.54) is 24.1 Å². The van der Waals surface area contributed by atoms with E-state index in [4.69, 9.17) is 24.5 Å². The number of aromatic nitrogens is 2. The van der Waals surface area contributed by atoms with Gasteiger partial charge in [-0.25, -0.2) is 9.59 Å². The Bertz CT molecular complexity index is 888.